The van der Waals surface area contributed by atoms with Gasteiger partial charge in [-0.25, -0.2) is 13.4 Å². The molecule has 0 atom stereocenters. The van der Waals surface area contributed by atoms with Gasteiger partial charge in [0.2, 0.25) is 0 Å². The highest BCUT2D eigenvalue weighted by molar-refractivity contribution is 7.92. The molecular formula is C22H17N3O3S2. The first-order valence-corrected chi connectivity index (χ1v) is 11.4. The summed E-state index contributed by atoms with van der Waals surface area (Å²) in [6.45, 7) is 0. The van der Waals surface area contributed by atoms with Crippen molar-refractivity contribution < 1.29 is 13.2 Å². The Balaban J connectivity index is 1.49. The fraction of sp³-hybridized carbons (Fsp3) is 0. The van der Waals surface area contributed by atoms with Crippen molar-refractivity contribution in [2.45, 2.75) is 4.90 Å². The molecule has 1 heterocycles. The molecule has 2 N–H and O–H groups in total. The van der Waals surface area contributed by atoms with Gasteiger partial charge in [-0.3, -0.25) is 14.8 Å². The van der Waals surface area contributed by atoms with E-state index in [1.807, 2.05) is 35.7 Å². The third kappa shape index (κ3) is 4.56. The molecule has 8 heteroatoms. The lowest BCUT2D eigenvalue weighted by atomic mass is 10.2. The highest BCUT2D eigenvalue weighted by atomic mass is 32.2. The Hall–Kier alpha value is -3.49. The van der Waals surface area contributed by atoms with Gasteiger partial charge in [-0.05, 0) is 30.3 Å². The van der Waals surface area contributed by atoms with E-state index in [0.717, 1.165) is 11.3 Å². The Kier molecular flexibility index (Phi) is 5.60. The number of aromatic nitrogens is 1. The van der Waals surface area contributed by atoms with Crippen LogP contribution in [0.1, 0.15) is 10.4 Å². The Morgan fingerprint density at radius 3 is 2.30 bits per heavy atom. The van der Waals surface area contributed by atoms with Gasteiger partial charge in [-0.2, -0.15) is 0 Å². The first kappa shape index (κ1) is 19.8. The fourth-order valence-corrected chi connectivity index (χ4v) is 4.56. The van der Waals surface area contributed by atoms with Crippen LogP contribution in [0, 0.1) is 0 Å². The number of nitrogens with zero attached hydrogens (tertiary/aromatic N) is 1. The summed E-state index contributed by atoms with van der Waals surface area (Å²) in [5.41, 5.74) is 2.36. The van der Waals surface area contributed by atoms with E-state index in [-0.39, 0.29) is 10.8 Å². The molecule has 30 heavy (non-hydrogen) atoms. The molecule has 3 aromatic carbocycles. The van der Waals surface area contributed by atoms with Crippen molar-refractivity contribution in [2.24, 2.45) is 0 Å². The van der Waals surface area contributed by atoms with E-state index in [1.54, 1.807) is 36.4 Å². The topological polar surface area (TPSA) is 88.2 Å². The lowest BCUT2D eigenvalue weighted by Gasteiger charge is -2.09. The summed E-state index contributed by atoms with van der Waals surface area (Å²) in [7, 11) is -3.73. The molecule has 150 valence electrons. The molecule has 0 unspecified atom stereocenters. The summed E-state index contributed by atoms with van der Waals surface area (Å²) in [5, 5.41) is 5.10. The lowest BCUT2D eigenvalue weighted by molar-refractivity contribution is 0.102. The number of sulfonamides is 1. The SMILES string of the molecule is O=C(Nc1nc(-c2ccccc2)cs1)c1cccc(NS(=O)(=O)c2ccccc2)c1. The Labute approximate surface area is 178 Å². The van der Waals surface area contributed by atoms with Gasteiger partial charge in [0, 0.05) is 22.2 Å². The monoisotopic (exact) mass is 435 g/mol. The second-order valence-corrected chi connectivity index (χ2v) is 8.90. The third-order valence-corrected chi connectivity index (χ3v) is 6.38. The highest BCUT2D eigenvalue weighted by Gasteiger charge is 2.15. The fourth-order valence-electron chi connectivity index (χ4n) is 2.78. The average molecular weight is 436 g/mol. The predicted octanol–water partition coefficient (Wildman–Crippen LogP) is 4.86. The van der Waals surface area contributed by atoms with E-state index in [1.165, 1.54) is 29.5 Å². The summed E-state index contributed by atoms with van der Waals surface area (Å²) < 4.78 is 27.5. The van der Waals surface area contributed by atoms with Crippen molar-refractivity contribution in [2.75, 3.05) is 10.0 Å². The molecule has 0 bridgehead atoms. The minimum atomic E-state index is -3.73. The average Bonchev–Trinajstić information content (AvgIpc) is 3.23. The van der Waals surface area contributed by atoms with Crippen LogP contribution in [0.2, 0.25) is 0 Å². The summed E-state index contributed by atoms with van der Waals surface area (Å²) in [4.78, 5) is 17.2. The van der Waals surface area contributed by atoms with Gasteiger partial charge < -0.3 is 0 Å². The molecule has 1 amide bonds. The molecule has 0 fully saturated rings. The smallest absolute Gasteiger partial charge is 0.261 e. The van der Waals surface area contributed by atoms with Crippen LogP contribution in [-0.4, -0.2) is 19.3 Å². The second-order valence-electron chi connectivity index (χ2n) is 6.36. The van der Waals surface area contributed by atoms with Crippen LogP contribution in [0.15, 0.2) is 95.2 Å². The van der Waals surface area contributed by atoms with Crippen LogP contribution in [0.25, 0.3) is 11.3 Å². The number of nitrogens with one attached hydrogen (secondary N) is 2. The van der Waals surface area contributed by atoms with E-state index >= 15 is 0 Å². The van der Waals surface area contributed by atoms with Crippen LogP contribution in [0.5, 0.6) is 0 Å². The van der Waals surface area contributed by atoms with Gasteiger partial charge in [-0.1, -0.05) is 54.6 Å². The summed E-state index contributed by atoms with van der Waals surface area (Å²) in [6.07, 6.45) is 0. The minimum absolute atomic E-state index is 0.149. The first-order valence-electron chi connectivity index (χ1n) is 9.01. The van der Waals surface area contributed by atoms with Crippen LogP contribution < -0.4 is 10.0 Å². The van der Waals surface area contributed by atoms with Crippen molar-refractivity contribution in [1.82, 2.24) is 4.98 Å². The van der Waals surface area contributed by atoms with Gasteiger partial charge >= 0.3 is 0 Å². The maximum atomic E-state index is 12.6. The van der Waals surface area contributed by atoms with Crippen molar-refractivity contribution in [3.05, 3.63) is 95.9 Å². The van der Waals surface area contributed by atoms with Crippen LogP contribution in [-0.2, 0) is 10.0 Å². The molecule has 0 spiro atoms. The zero-order chi connectivity index (χ0) is 21.0. The maximum Gasteiger partial charge on any atom is 0.261 e. The number of hydrogen-bond donors (Lipinski definition) is 2. The number of amides is 1. The predicted molar refractivity (Wildman–Crippen MR) is 119 cm³/mol. The van der Waals surface area contributed by atoms with Crippen LogP contribution in [0.3, 0.4) is 0 Å². The molecule has 4 aromatic rings. The Morgan fingerprint density at radius 2 is 1.57 bits per heavy atom. The first-order chi connectivity index (χ1) is 14.5. The number of hydrogen-bond acceptors (Lipinski definition) is 5. The van der Waals surface area contributed by atoms with Gasteiger partial charge in [0.15, 0.2) is 5.13 Å². The molecule has 6 nitrogen and oxygen atoms in total. The Morgan fingerprint density at radius 1 is 0.867 bits per heavy atom. The standard InChI is InChI=1S/C22H17N3O3S2/c26-21(24-22-23-20(15-29-22)16-8-3-1-4-9-16)17-10-7-11-18(14-17)25-30(27,28)19-12-5-2-6-13-19/h1-15,25H,(H,23,24,26). The Bertz CT molecular complexity index is 1270. The minimum Gasteiger partial charge on any atom is -0.298 e. The summed E-state index contributed by atoms with van der Waals surface area (Å²) >= 11 is 1.32. The number of carbonyl (C=O) groups is 1. The second kappa shape index (κ2) is 8.48. The third-order valence-electron chi connectivity index (χ3n) is 4.22. The summed E-state index contributed by atoms with van der Waals surface area (Å²) in [5.74, 6) is -0.371. The molecular weight excluding hydrogens is 418 g/mol. The largest absolute Gasteiger partial charge is 0.298 e. The van der Waals surface area contributed by atoms with Crippen LogP contribution >= 0.6 is 11.3 Å². The molecule has 0 saturated carbocycles. The number of rotatable bonds is 6. The molecule has 4 rings (SSSR count). The van der Waals surface area contributed by atoms with E-state index in [9.17, 15) is 13.2 Å². The normalized spacial score (nSPS) is 11.1. The molecule has 0 radical (unpaired) electrons. The molecule has 0 aliphatic heterocycles. The molecule has 0 aliphatic carbocycles. The van der Waals surface area contributed by atoms with E-state index in [0.29, 0.717) is 16.4 Å². The van der Waals surface area contributed by atoms with Gasteiger partial charge in [0.25, 0.3) is 15.9 Å². The molecule has 0 saturated heterocycles. The highest BCUT2D eigenvalue weighted by Crippen LogP contribution is 2.25. The van der Waals surface area contributed by atoms with E-state index < -0.39 is 10.0 Å². The van der Waals surface area contributed by atoms with Gasteiger partial charge in [-0.15, -0.1) is 11.3 Å². The van der Waals surface area contributed by atoms with Crippen molar-refractivity contribution in [1.29, 1.82) is 0 Å². The number of benzene rings is 3. The lowest BCUT2D eigenvalue weighted by Crippen LogP contribution is -2.15. The number of thiazole rings is 1. The van der Waals surface area contributed by atoms with Crippen molar-refractivity contribution in [3.63, 3.8) is 0 Å². The van der Waals surface area contributed by atoms with E-state index in [2.05, 4.69) is 15.0 Å². The summed E-state index contributed by atoms with van der Waals surface area (Å²) in [6, 6.07) is 24.0. The molecule has 1 aromatic heterocycles. The number of anilines is 2. The zero-order valence-corrected chi connectivity index (χ0v) is 17.3. The number of carbonyl (C=O) groups excluding carboxylic acids is 1. The molecule has 0 aliphatic rings. The van der Waals surface area contributed by atoms with Crippen molar-refractivity contribution >= 4 is 38.1 Å². The van der Waals surface area contributed by atoms with Crippen molar-refractivity contribution in [3.8, 4) is 11.3 Å². The quantitative estimate of drug-likeness (QED) is 0.453. The van der Waals surface area contributed by atoms with Gasteiger partial charge in [0.05, 0.1) is 10.6 Å². The van der Waals surface area contributed by atoms with Crippen LogP contribution in [0.4, 0.5) is 10.8 Å². The maximum absolute atomic E-state index is 12.6. The van der Waals surface area contributed by atoms with Gasteiger partial charge in [0.1, 0.15) is 0 Å². The zero-order valence-electron chi connectivity index (χ0n) is 15.6. The van der Waals surface area contributed by atoms with E-state index in [4.69, 9.17) is 0 Å².